The van der Waals surface area contributed by atoms with Gasteiger partial charge in [-0.3, -0.25) is 4.98 Å². The van der Waals surface area contributed by atoms with Crippen molar-refractivity contribution >= 4 is 5.82 Å². The smallest absolute Gasteiger partial charge is 0.144 e. The minimum absolute atomic E-state index is 0.833. The molecular weight excluding hydrogens is 138 g/mol. The van der Waals surface area contributed by atoms with Crippen molar-refractivity contribution < 1.29 is 0 Å². The van der Waals surface area contributed by atoms with E-state index in [0.717, 1.165) is 12.4 Å². The van der Waals surface area contributed by atoms with Crippen LogP contribution in [0.5, 0.6) is 0 Å². The molecule has 0 saturated heterocycles. The van der Waals surface area contributed by atoms with Crippen LogP contribution < -0.4 is 5.32 Å². The first-order valence-corrected chi connectivity index (χ1v) is 3.93. The number of aromatic nitrogens is 2. The van der Waals surface area contributed by atoms with Crippen LogP contribution in [0.3, 0.4) is 0 Å². The molecule has 0 aliphatic heterocycles. The highest BCUT2D eigenvalue weighted by molar-refractivity contribution is 5.28. The lowest BCUT2D eigenvalue weighted by Crippen LogP contribution is -1.98. The lowest BCUT2D eigenvalue weighted by atomic mass is 10.6. The molecule has 0 bridgehead atoms. The van der Waals surface area contributed by atoms with Crippen LogP contribution >= 0.6 is 0 Å². The Balaban J connectivity index is 0.000000461. The number of anilines is 1. The number of hydrogen-bond donors (Lipinski definition) is 1. The molecule has 0 spiro atoms. The third-order valence-electron chi connectivity index (χ3n) is 0.921. The lowest BCUT2D eigenvalue weighted by molar-refractivity contribution is 1.12. The summed E-state index contributed by atoms with van der Waals surface area (Å²) in [6.45, 7) is 6.91. The molecule has 3 nitrogen and oxygen atoms in total. The minimum Gasteiger partial charge on any atom is -0.369 e. The first-order valence-electron chi connectivity index (χ1n) is 3.93. The minimum atomic E-state index is 0.833. The zero-order valence-corrected chi connectivity index (χ0v) is 7.33. The van der Waals surface area contributed by atoms with E-state index in [0.29, 0.717) is 0 Å². The number of nitrogens with one attached hydrogen (secondary N) is 1. The molecule has 1 heterocycles. The molecule has 0 amide bonds. The second-order valence-electron chi connectivity index (χ2n) is 1.62. The Kier molecular flexibility index (Phi) is 6.28. The van der Waals surface area contributed by atoms with Crippen LogP contribution in [-0.2, 0) is 0 Å². The molecule has 0 aliphatic carbocycles. The summed E-state index contributed by atoms with van der Waals surface area (Å²) < 4.78 is 0. The zero-order valence-electron chi connectivity index (χ0n) is 7.33. The highest BCUT2D eigenvalue weighted by Crippen LogP contribution is 1.93. The molecule has 11 heavy (non-hydrogen) atoms. The van der Waals surface area contributed by atoms with Gasteiger partial charge in [0.1, 0.15) is 5.82 Å². The molecule has 0 saturated carbocycles. The van der Waals surface area contributed by atoms with Crippen molar-refractivity contribution in [1.29, 1.82) is 0 Å². The monoisotopic (exact) mass is 153 g/mol. The molecule has 1 aromatic rings. The average molecular weight is 153 g/mol. The van der Waals surface area contributed by atoms with Crippen molar-refractivity contribution in [2.75, 3.05) is 11.9 Å². The Hall–Kier alpha value is -1.12. The lowest BCUT2D eigenvalue weighted by Gasteiger charge is -1.97. The second kappa shape index (κ2) is 6.99. The summed E-state index contributed by atoms with van der Waals surface area (Å²) in [4.78, 5) is 7.87. The van der Waals surface area contributed by atoms with Crippen LogP contribution in [-0.4, -0.2) is 16.5 Å². The molecule has 62 valence electrons. The van der Waals surface area contributed by atoms with Gasteiger partial charge in [0.05, 0.1) is 6.20 Å². The molecule has 0 fully saturated rings. The van der Waals surface area contributed by atoms with E-state index in [1.54, 1.807) is 18.6 Å². The summed E-state index contributed by atoms with van der Waals surface area (Å²) in [6, 6.07) is 0. The highest BCUT2D eigenvalue weighted by Gasteiger charge is 1.84. The van der Waals surface area contributed by atoms with Crippen molar-refractivity contribution in [3.05, 3.63) is 18.6 Å². The van der Waals surface area contributed by atoms with Crippen molar-refractivity contribution in [2.45, 2.75) is 20.8 Å². The fraction of sp³-hybridized carbons (Fsp3) is 0.500. The maximum Gasteiger partial charge on any atom is 0.144 e. The Morgan fingerprint density at radius 2 is 2.09 bits per heavy atom. The third kappa shape index (κ3) is 4.31. The van der Waals surface area contributed by atoms with Gasteiger partial charge in [0, 0.05) is 18.9 Å². The Morgan fingerprint density at radius 3 is 2.55 bits per heavy atom. The average Bonchev–Trinajstić information content (AvgIpc) is 2.11. The van der Waals surface area contributed by atoms with Gasteiger partial charge >= 0.3 is 0 Å². The van der Waals surface area contributed by atoms with Gasteiger partial charge in [-0.2, -0.15) is 0 Å². The van der Waals surface area contributed by atoms with Gasteiger partial charge in [-0.05, 0) is 6.92 Å². The van der Waals surface area contributed by atoms with Crippen LogP contribution in [0.2, 0.25) is 0 Å². The van der Waals surface area contributed by atoms with Gasteiger partial charge in [-0.25, -0.2) is 4.98 Å². The summed E-state index contributed by atoms with van der Waals surface area (Å²) >= 11 is 0. The van der Waals surface area contributed by atoms with Gasteiger partial charge in [0.2, 0.25) is 0 Å². The Morgan fingerprint density at radius 1 is 1.36 bits per heavy atom. The van der Waals surface area contributed by atoms with Crippen molar-refractivity contribution in [1.82, 2.24) is 9.97 Å². The van der Waals surface area contributed by atoms with Crippen LogP contribution in [0.4, 0.5) is 5.82 Å². The predicted octanol–water partition coefficient (Wildman–Crippen LogP) is 1.93. The fourth-order valence-corrected chi connectivity index (χ4v) is 0.571. The summed E-state index contributed by atoms with van der Waals surface area (Å²) in [7, 11) is 0. The Bertz CT molecular complexity index is 162. The molecule has 1 rings (SSSR count). The molecule has 0 atom stereocenters. The molecule has 0 aliphatic rings. The van der Waals surface area contributed by atoms with Gasteiger partial charge in [-0.15, -0.1) is 0 Å². The van der Waals surface area contributed by atoms with Crippen molar-refractivity contribution in [3.8, 4) is 0 Å². The number of nitrogens with zero attached hydrogens (tertiary/aromatic N) is 2. The molecule has 0 radical (unpaired) electrons. The van der Waals surface area contributed by atoms with E-state index >= 15 is 0 Å². The summed E-state index contributed by atoms with van der Waals surface area (Å²) in [5, 5.41) is 3.03. The summed E-state index contributed by atoms with van der Waals surface area (Å²) in [5.74, 6) is 0.833. The first kappa shape index (κ1) is 9.88. The number of rotatable bonds is 2. The largest absolute Gasteiger partial charge is 0.369 e. The number of hydrogen-bond acceptors (Lipinski definition) is 3. The second-order valence-corrected chi connectivity index (χ2v) is 1.62. The SMILES string of the molecule is CC.CCNc1cnccn1. The van der Waals surface area contributed by atoms with E-state index in [-0.39, 0.29) is 0 Å². The molecule has 1 N–H and O–H groups in total. The predicted molar refractivity (Wildman–Crippen MR) is 47.5 cm³/mol. The molecule has 1 aromatic heterocycles. The van der Waals surface area contributed by atoms with Crippen molar-refractivity contribution in [2.24, 2.45) is 0 Å². The van der Waals surface area contributed by atoms with E-state index in [9.17, 15) is 0 Å². The summed E-state index contributed by atoms with van der Waals surface area (Å²) in [6.07, 6.45) is 5.02. The molecule has 0 unspecified atom stereocenters. The van der Waals surface area contributed by atoms with Gasteiger partial charge in [0.15, 0.2) is 0 Å². The quantitative estimate of drug-likeness (QED) is 0.705. The van der Waals surface area contributed by atoms with Gasteiger partial charge in [0.25, 0.3) is 0 Å². The van der Waals surface area contributed by atoms with E-state index in [2.05, 4.69) is 15.3 Å². The van der Waals surface area contributed by atoms with Crippen molar-refractivity contribution in [3.63, 3.8) is 0 Å². The normalized spacial score (nSPS) is 7.91. The highest BCUT2D eigenvalue weighted by atomic mass is 15.0. The maximum absolute atomic E-state index is 3.99. The molecule has 0 aromatic carbocycles. The first-order chi connectivity index (χ1) is 5.43. The van der Waals surface area contributed by atoms with Crippen LogP contribution in [0.15, 0.2) is 18.6 Å². The van der Waals surface area contributed by atoms with Crippen LogP contribution in [0.1, 0.15) is 20.8 Å². The zero-order chi connectivity index (χ0) is 8.53. The standard InChI is InChI=1S/C6H9N3.C2H6/c1-2-8-6-5-7-3-4-9-6;1-2/h3-5H,2H2,1H3,(H,8,9);1-2H3. The van der Waals surface area contributed by atoms with Crippen LogP contribution in [0, 0.1) is 0 Å². The topological polar surface area (TPSA) is 37.8 Å². The van der Waals surface area contributed by atoms with Gasteiger partial charge in [-0.1, -0.05) is 13.8 Å². The third-order valence-corrected chi connectivity index (χ3v) is 0.921. The van der Waals surface area contributed by atoms with E-state index < -0.39 is 0 Å². The van der Waals surface area contributed by atoms with E-state index in [1.807, 2.05) is 20.8 Å². The van der Waals surface area contributed by atoms with E-state index in [1.165, 1.54) is 0 Å². The maximum atomic E-state index is 3.99. The molecule has 3 heteroatoms. The fourth-order valence-electron chi connectivity index (χ4n) is 0.571. The molecular formula is C8H15N3. The summed E-state index contributed by atoms with van der Waals surface area (Å²) in [5.41, 5.74) is 0. The Labute approximate surface area is 67.9 Å². The van der Waals surface area contributed by atoms with Crippen LogP contribution in [0.25, 0.3) is 0 Å². The van der Waals surface area contributed by atoms with Gasteiger partial charge < -0.3 is 5.32 Å². The van der Waals surface area contributed by atoms with E-state index in [4.69, 9.17) is 0 Å².